The lowest BCUT2D eigenvalue weighted by Gasteiger charge is -2.41. The van der Waals surface area contributed by atoms with Gasteiger partial charge < -0.3 is 9.47 Å². The third-order valence-electron chi connectivity index (χ3n) is 7.29. The normalized spacial score (nSPS) is 17.1. The number of carbonyl (C=O) groups is 2. The summed E-state index contributed by atoms with van der Waals surface area (Å²) in [5.41, 5.74) is 0.271. The number of nitrogens with zero attached hydrogens (tertiary/aromatic N) is 1. The fraction of sp³-hybridized carbons (Fsp3) is 0.742. The van der Waals surface area contributed by atoms with Crippen LogP contribution in [0.4, 0.5) is 0 Å². The molecule has 7 heteroatoms. The fourth-order valence-corrected chi connectivity index (χ4v) is 5.29. The van der Waals surface area contributed by atoms with Gasteiger partial charge in [0, 0.05) is 21.3 Å². The molecule has 0 radical (unpaired) electrons. The number of nitroso groups, excluding NO2 is 1. The van der Waals surface area contributed by atoms with Gasteiger partial charge in [-0.15, -0.1) is 4.91 Å². The Balaban J connectivity index is 2.34. The van der Waals surface area contributed by atoms with Gasteiger partial charge in [-0.3, -0.25) is 9.59 Å². The van der Waals surface area contributed by atoms with E-state index in [0.29, 0.717) is 12.2 Å². The van der Waals surface area contributed by atoms with Gasteiger partial charge in [0.25, 0.3) is 0 Å². The van der Waals surface area contributed by atoms with Gasteiger partial charge in [0.15, 0.2) is 0 Å². The van der Waals surface area contributed by atoms with Gasteiger partial charge in [-0.25, -0.2) is 0 Å². The Morgan fingerprint density at radius 3 is 2.18 bits per heavy atom. The zero-order valence-corrected chi connectivity index (χ0v) is 25.1. The van der Waals surface area contributed by atoms with Crippen LogP contribution in [0.25, 0.3) is 0 Å². The van der Waals surface area contributed by atoms with Gasteiger partial charge in [-0.2, -0.15) is 0 Å². The molecule has 0 bridgehead atoms. The Bertz CT molecular complexity index is 777. The van der Waals surface area contributed by atoms with E-state index >= 15 is 0 Å². The number of unbranched alkanes of at least 4 members (excludes halogenated alkanes) is 8. The molecule has 0 aliphatic heterocycles. The van der Waals surface area contributed by atoms with Crippen molar-refractivity contribution in [1.82, 2.24) is 0 Å². The summed E-state index contributed by atoms with van der Waals surface area (Å²) < 4.78 is 13.7. The summed E-state index contributed by atoms with van der Waals surface area (Å²) in [5.74, 6) is -0.413. The van der Waals surface area contributed by atoms with Crippen LogP contribution in [0.2, 0.25) is 0 Å². The lowest BCUT2D eigenvalue weighted by atomic mass is 9.72. The van der Waals surface area contributed by atoms with E-state index in [2.05, 4.69) is 25.4 Å². The molecule has 0 N–H and O–H groups in total. The Kier molecular flexibility index (Phi) is 18.0. The van der Waals surface area contributed by atoms with Crippen molar-refractivity contribution in [2.75, 3.05) is 6.61 Å². The molecule has 216 valence electrons. The Labute approximate surface area is 235 Å². The minimum absolute atomic E-state index is 0.0309. The largest absolute Gasteiger partial charge is 0.466 e. The van der Waals surface area contributed by atoms with Crippen molar-refractivity contribution in [2.45, 2.75) is 135 Å². The fourth-order valence-electron chi connectivity index (χ4n) is 4.57. The summed E-state index contributed by atoms with van der Waals surface area (Å²) in [4.78, 5) is 35.5. The van der Waals surface area contributed by atoms with Crippen LogP contribution in [0.3, 0.4) is 0 Å². The molecule has 0 aromatic carbocycles. The predicted molar refractivity (Wildman–Crippen MR) is 159 cm³/mol. The first-order chi connectivity index (χ1) is 18.3. The van der Waals surface area contributed by atoms with Crippen LogP contribution in [-0.4, -0.2) is 23.3 Å². The maximum atomic E-state index is 12.3. The van der Waals surface area contributed by atoms with Crippen LogP contribution in [0.1, 0.15) is 130 Å². The van der Waals surface area contributed by atoms with E-state index < -0.39 is 11.9 Å². The highest BCUT2D eigenvalue weighted by Crippen LogP contribution is 2.49. The predicted octanol–water partition coefficient (Wildman–Crippen LogP) is 9.54. The highest BCUT2D eigenvalue weighted by atomic mass is 32.2. The molecule has 0 atom stereocenters. The van der Waals surface area contributed by atoms with Gasteiger partial charge in [0.1, 0.15) is 5.76 Å². The Hall–Kier alpha value is -1.89. The molecule has 38 heavy (non-hydrogen) atoms. The number of ether oxygens (including phenoxy) is 2. The van der Waals surface area contributed by atoms with Crippen molar-refractivity contribution in [3.05, 3.63) is 41.0 Å². The van der Waals surface area contributed by atoms with Gasteiger partial charge >= 0.3 is 11.9 Å². The average molecular weight is 550 g/mol. The second kappa shape index (κ2) is 20.1. The summed E-state index contributed by atoms with van der Waals surface area (Å²) in [7, 11) is 0. The van der Waals surface area contributed by atoms with Crippen LogP contribution in [-0.2, 0) is 19.1 Å². The smallest absolute Gasteiger partial charge is 0.311 e. The lowest BCUT2D eigenvalue weighted by Crippen LogP contribution is -2.35. The molecule has 1 aliphatic rings. The van der Waals surface area contributed by atoms with Crippen molar-refractivity contribution >= 4 is 23.9 Å². The van der Waals surface area contributed by atoms with E-state index in [9.17, 15) is 14.5 Å². The van der Waals surface area contributed by atoms with E-state index in [0.717, 1.165) is 50.5 Å². The SMILES string of the molecule is C/C=C/C=C(/C=C/CCCCCCCCCC)OC(=O)CCC(=O)OCCC1(SN=O)CCC(C)(C)CC1. The van der Waals surface area contributed by atoms with Crippen molar-refractivity contribution in [3.8, 4) is 0 Å². The summed E-state index contributed by atoms with van der Waals surface area (Å²) in [6.45, 7) is 8.84. The van der Waals surface area contributed by atoms with Crippen molar-refractivity contribution < 1.29 is 19.1 Å². The van der Waals surface area contributed by atoms with Crippen LogP contribution in [0, 0.1) is 10.3 Å². The molecular formula is C31H51NO5S. The zero-order chi connectivity index (χ0) is 28.1. The molecule has 0 heterocycles. The standard InChI is InChI=1S/C31H51NO5S/c1-5-7-9-10-11-12-13-14-15-16-18-27(17-8-6-2)37-29(34)20-19-28(33)36-26-25-31(38-32-35)23-21-30(3,4)22-24-31/h6,8,16-18H,5,7,9-15,19-26H2,1-4H3/b8-6+,18-16+,27-17-. The molecule has 1 aliphatic carbocycles. The molecule has 1 saturated carbocycles. The minimum Gasteiger partial charge on any atom is -0.466 e. The summed E-state index contributed by atoms with van der Waals surface area (Å²) >= 11 is 1.08. The molecule has 1 fully saturated rings. The van der Waals surface area contributed by atoms with E-state index in [1.54, 1.807) is 6.08 Å². The van der Waals surface area contributed by atoms with Gasteiger partial charge in [-0.1, -0.05) is 83.9 Å². The van der Waals surface area contributed by atoms with Crippen LogP contribution in [0.5, 0.6) is 0 Å². The number of carbonyl (C=O) groups excluding carboxylic acids is 2. The Morgan fingerprint density at radius 1 is 0.921 bits per heavy atom. The second-order valence-corrected chi connectivity index (χ2v) is 12.4. The van der Waals surface area contributed by atoms with Crippen LogP contribution in [0.15, 0.2) is 40.7 Å². The van der Waals surface area contributed by atoms with Crippen molar-refractivity contribution in [1.29, 1.82) is 0 Å². The maximum Gasteiger partial charge on any atom is 0.311 e. The topological polar surface area (TPSA) is 82.0 Å². The first-order valence-electron chi connectivity index (χ1n) is 14.6. The zero-order valence-electron chi connectivity index (χ0n) is 24.3. The Morgan fingerprint density at radius 2 is 1.55 bits per heavy atom. The van der Waals surface area contributed by atoms with E-state index in [4.69, 9.17) is 9.47 Å². The second-order valence-electron chi connectivity index (χ2n) is 11.2. The number of allylic oxidation sites excluding steroid dienone is 5. The first-order valence-corrected chi connectivity index (χ1v) is 15.4. The number of hydrogen-bond acceptors (Lipinski definition) is 7. The van der Waals surface area contributed by atoms with E-state index in [1.165, 1.54) is 44.9 Å². The lowest BCUT2D eigenvalue weighted by molar-refractivity contribution is -0.148. The minimum atomic E-state index is -0.457. The van der Waals surface area contributed by atoms with Crippen LogP contribution < -0.4 is 0 Å². The third-order valence-corrected chi connectivity index (χ3v) is 8.36. The van der Waals surface area contributed by atoms with Gasteiger partial charge in [0.2, 0.25) is 0 Å². The van der Waals surface area contributed by atoms with Gasteiger partial charge in [0.05, 0.1) is 19.4 Å². The molecule has 0 saturated heterocycles. The van der Waals surface area contributed by atoms with E-state index in [-0.39, 0.29) is 29.6 Å². The average Bonchev–Trinajstić information content (AvgIpc) is 2.89. The molecule has 1 rings (SSSR count). The van der Waals surface area contributed by atoms with Crippen molar-refractivity contribution in [3.63, 3.8) is 0 Å². The summed E-state index contributed by atoms with van der Waals surface area (Å²) in [5, 5.41) is 0. The molecule has 0 amide bonds. The summed E-state index contributed by atoms with van der Waals surface area (Å²) in [6.07, 6.45) is 24.8. The maximum absolute atomic E-state index is 12.3. The molecule has 0 aromatic rings. The molecule has 6 nitrogen and oxygen atoms in total. The number of hydrogen-bond donors (Lipinski definition) is 0. The highest BCUT2D eigenvalue weighted by Gasteiger charge is 2.39. The molecular weight excluding hydrogens is 498 g/mol. The quantitative estimate of drug-likeness (QED) is 0.0375. The van der Waals surface area contributed by atoms with Crippen molar-refractivity contribution in [2.24, 2.45) is 10.00 Å². The third kappa shape index (κ3) is 16.2. The number of rotatable bonds is 20. The van der Waals surface area contributed by atoms with Crippen LogP contribution >= 0.6 is 11.9 Å². The number of esters is 2. The first kappa shape index (κ1) is 34.1. The monoisotopic (exact) mass is 549 g/mol. The summed E-state index contributed by atoms with van der Waals surface area (Å²) in [6, 6.07) is 0. The molecule has 0 aromatic heterocycles. The molecule has 0 unspecified atom stereocenters. The van der Waals surface area contributed by atoms with E-state index in [1.807, 2.05) is 31.2 Å². The highest BCUT2D eigenvalue weighted by molar-refractivity contribution is 7.99. The van der Waals surface area contributed by atoms with Gasteiger partial charge in [-0.05, 0) is 69.4 Å². The molecule has 0 spiro atoms.